The molecule has 0 saturated carbocycles. The van der Waals surface area contributed by atoms with E-state index in [1.165, 1.54) is 0 Å². The number of rotatable bonds is 8. The number of nitrogens with zero attached hydrogens (tertiary/aromatic N) is 1. The zero-order chi connectivity index (χ0) is 18.2. The molecule has 5 heteroatoms. The van der Waals surface area contributed by atoms with E-state index in [0.717, 1.165) is 24.3 Å². The predicted molar refractivity (Wildman–Crippen MR) is 99.0 cm³/mol. The molecule has 0 unspecified atom stereocenters. The van der Waals surface area contributed by atoms with E-state index in [1.54, 1.807) is 12.1 Å². The molecule has 0 saturated heterocycles. The average Bonchev–Trinajstić information content (AvgIpc) is 2.63. The van der Waals surface area contributed by atoms with Crippen molar-refractivity contribution in [3.63, 3.8) is 0 Å². The van der Waals surface area contributed by atoms with Crippen LogP contribution in [0.1, 0.15) is 29.8 Å². The Kier molecular flexibility index (Phi) is 6.57. The molecule has 0 fully saturated rings. The minimum absolute atomic E-state index is 0.249. The van der Waals surface area contributed by atoms with Crippen molar-refractivity contribution in [3.05, 3.63) is 65.7 Å². The Morgan fingerprint density at radius 3 is 2.12 bits per heavy atom. The van der Waals surface area contributed by atoms with Gasteiger partial charge in [-0.1, -0.05) is 30.3 Å². The third-order valence-electron chi connectivity index (χ3n) is 4.14. The third kappa shape index (κ3) is 5.08. The van der Waals surface area contributed by atoms with Gasteiger partial charge in [0.15, 0.2) is 0 Å². The largest absolute Gasteiger partial charge is 0.480 e. The molecular weight excluding hydrogens is 316 g/mol. The van der Waals surface area contributed by atoms with E-state index in [2.05, 4.69) is 24.1 Å². The van der Waals surface area contributed by atoms with E-state index in [9.17, 15) is 14.7 Å². The first-order valence-electron chi connectivity index (χ1n) is 8.47. The van der Waals surface area contributed by atoms with E-state index >= 15 is 0 Å². The molecule has 2 N–H and O–H groups in total. The number of aliphatic carboxylic acids is 1. The van der Waals surface area contributed by atoms with Gasteiger partial charge >= 0.3 is 5.97 Å². The standard InChI is InChI=1S/C20H24N2O3/c1-3-22(4-2)17-12-10-16(11-13-17)19(23)21-18(20(24)25)14-15-8-6-5-7-9-15/h5-13,18H,3-4,14H2,1-2H3,(H,21,23)(H,24,25)/t18-/m1/s1. The Balaban J connectivity index is 2.06. The van der Waals surface area contributed by atoms with Crippen LogP contribution in [0.5, 0.6) is 0 Å². The van der Waals surface area contributed by atoms with Gasteiger partial charge in [-0.2, -0.15) is 0 Å². The molecule has 2 rings (SSSR count). The van der Waals surface area contributed by atoms with Crippen molar-refractivity contribution < 1.29 is 14.7 Å². The van der Waals surface area contributed by atoms with Gasteiger partial charge in [-0.15, -0.1) is 0 Å². The van der Waals surface area contributed by atoms with E-state index < -0.39 is 12.0 Å². The Morgan fingerprint density at radius 1 is 1.00 bits per heavy atom. The van der Waals surface area contributed by atoms with Gasteiger partial charge in [-0.25, -0.2) is 4.79 Å². The minimum atomic E-state index is -1.04. The van der Waals surface area contributed by atoms with Crippen LogP contribution in [0, 0.1) is 0 Å². The van der Waals surface area contributed by atoms with Crippen LogP contribution < -0.4 is 10.2 Å². The maximum absolute atomic E-state index is 12.4. The molecule has 0 bridgehead atoms. The molecular formula is C20H24N2O3. The van der Waals surface area contributed by atoms with Crippen LogP contribution in [0.4, 0.5) is 5.69 Å². The molecule has 1 atom stereocenters. The maximum Gasteiger partial charge on any atom is 0.326 e. The molecule has 25 heavy (non-hydrogen) atoms. The number of carbonyl (C=O) groups excluding carboxylic acids is 1. The molecule has 0 radical (unpaired) electrons. The normalized spacial score (nSPS) is 11.6. The minimum Gasteiger partial charge on any atom is -0.480 e. The van der Waals surface area contributed by atoms with Crippen molar-refractivity contribution in [2.75, 3.05) is 18.0 Å². The fourth-order valence-electron chi connectivity index (χ4n) is 2.70. The summed E-state index contributed by atoms with van der Waals surface area (Å²) in [6, 6.07) is 15.5. The fraction of sp³-hybridized carbons (Fsp3) is 0.300. The van der Waals surface area contributed by atoms with Crippen LogP contribution in [0.15, 0.2) is 54.6 Å². The predicted octanol–water partition coefficient (Wildman–Crippen LogP) is 2.96. The van der Waals surface area contributed by atoms with E-state index in [1.807, 2.05) is 42.5 Å². The SMILES string of the molecule is CCN(CC)c1ccc(C(=O)N[C@H](Cc2ccccc2)C(=O)O)cc1. The van der Waals surface area contributed by atoms with Crippen LogP contribution in [-0.4, -0.2) is 36.1 Å². The van der Waals surface area contributed by atoms with Gasteiger partial charge < -0.3 is 15.3 Å². The highest BCUT2D eigenvalue weighted by molar-refractivity contribution is 5.96. The summed E-state index contributed by atoms with van der Waals surface area (Å²) in [5, 5.41) is 12.0. The summed E-state index contributed by atoms with van der Waals surface area (Å²) in [4.78, 5) is 26.0. The van der Waals surface area contributed by atoms with Gasteiger partial charge in [0.1, 0.15) is 6.04 Å². The summed E-state index contributed by atoms with van der Waals surface area (Å²) >= 11 is 0. The van der Waals surface area contributed by atoms with Crippen molar-refractivity contribution >= 4 is 17.6 Å². The fourth-order valence-corrected chi connectivity index (χ4v) is 2.70. The monoisotopic (exact) mass is 340 g/mol. The highest BCUT2D eigenvalue weighted by atomic mass is 16.4. The summed E-state index contributed by atoms with van der Waals surface area (Å²) in [5.74, 6) is -1.42. The molecule has 2 aromatic carbocycles. The molecule has 0 aromatic heterocycles. The number of amides is 1. The third-order valence-corrected chi connectivity index (χ3v) is 4.14. The molecule has 0 heterocycles. The first kappa shape index (κ1) is 18.5. The zero-order valence-electron chi connectivity index (χ0n) is 14.6. The summed E-state index contributed by atoms with van der Waals surface area (Å²) in [6.07, 6.45) is 0.249. The molecule has 5 nitrogen and oxygen atoms in total. The second-order valence-electron chi connectivity index (χ2n) is 5.77. The Bertz CT molecular complexity index is 695. The number of hydrogen-bond donors (Lipinski definition) is 2. The van der Waals surface area contributed by atoms with Crippen molar-refractivity contribution in [1.82, 2.24) is 5.32 Å². The van der Waals surface area contributed by atoms with Crippen LogP contribution in [0.3, 0.4) is 0 Å². The summed E-state index contributed by atoms with van der Waals surface area (Å²) in [6.45, 7) is 5.93. The van der Waals surface area contributed by atoms with Gasteiger partial charge in [0.05, 0.1) is 0 Å². The van der Waals surface area contributed by atoms with Crippen molar-refractivity contribution in [1.29, 1.82) is 0 Å². The number of carboxylic acids is 1. The number of carbonyl (C=O) groups is 2. The summed E-state index contributed by atoms with van der Waals surface area (Å²) < 4.78 is 0. The Hall–Kier alpha value is -2.82. The number of nitrogens with one attached hydrogen (secondary N) is 1. The Morgan fingerprint density at radius 2 is 1.60 bits per heavy atom. The van der Waals surface area contributed by atoms with E-state index in [0.29, 0.717) is 5.56 Å². The molecule has 2 aromatic rings. The Labute approximate surface area is 148 Å². The van der Waals surface area contributed by atoms with Gasteiger partial charge in [-0.3, -0.25) is 4.79 Å². The number of anilines is 1. The highest BCUT2D eigenvalue weighted by Crippen LogP contribution is 2.15. The number of benzene rings is 2. The lowest BCUT2D eigenvalue weighted by Gasteiger charge is -2.21. The van der Waals surface area contributed by atoms with Crippen molar-refractivity contribution in [3.8, 4) is 0 Å². The second-order valence-corrected chi connectivity index (χ2v) is 5.77. The molecule has 132 valence electrons. The maximum atomic E-state index is 12.4. The topological polar surface area (TPSA) is 69.6 Å². The number of hydrogen-bond acceptors (Lipinski definition) is 3. The first-order valence-corrected chi connectivity index (χ1v) is 8.47. The molecule has 0 aliphatic carbocycles. The molecule has 0 aliphatic heterocycles. The summed E-state index contributed by atoms with van der Waals surface area (Å²) in [5.41, 5.74) is 2.36. The van der Waals surface area contributed by atoms with Gasteiger partial charge in [0.2, 0.25) is 0 Å². The molecule has 1 amide bonds. The van der Waals surface area contributed by atoms with E-state index in [-0.39, 0.29) is 12.3 Å². The van der Waals surface area contributed by atoms with Crippen LogP contribution in [0.25, 0.3) is 0 Å². The zero-order valence-corrected chi connectivity index (χ0v) is 14.6. The van der Waals surface area contributed by atoms with Crippen LogP contribution in [0.2, 0.25) is 0 Å². The first-order chi connectivity index (χ1) is 12.0. The van der Waals surface area contributed by atoms with Crippen LogP contribution >= 0.6 is 0 Å². The quantitative estimate of drug-likeness (QED) is 0.775. The van der Waals surface area contributed by atoms with Crippen molar-refractivity contribution in [2.24, 2.45) is 0 Å². The van der Waals surface area contributed by atoms with Gasteiger partial charge in [-0.05, 0) is 43.7 Å². The lowest BCUT2D eigenvalue weighted by molar-refractivity contribution is -0.139. The lowest BCUT2D eigenvalue weighted by Crippen LogP contribution is -2.42. The van der Waals surface area contributed by atoms with E-state index in [4.69, 9.17) is 0 Å². The van der Waals surface area contributed by atoms with Crippen molar-refractivity contribution in [2.45, 2.75) is 26.3 Å². The summed E-state index contributed by atoms with van der Waals surface area (Å²) in [7, 11) is 0. The smallest absolute Gasteiger partial charge is 0.326 e. The molecule has 0 spiro atoms. The molecule has 0 aliphatic rings. The van der Waals surface area contributed by atoms with Crippen LogP contribution in [-0.2, 0) is 11.2 Å². The highest BCUT2D eigenvalue weighted by Gasteiger charge is 2.21. The van der Waals surface area contributed by atoms with Gasteiger partial charge in [0, 0.05) is 30.8 Å². The number of carboxylic acid groups (broad SMARTS) is 1. The second kappa shape index (κ2) is 8.87. The lowest BCUT2D eigenvalue weighted by atomic mass is 10.1. The average molecular weight is 340 g/mol. The van der Waals surface area contributed by atoms with Gasteiger partial charge in [0.25, 0.3) is 5.91 Å².